The Morgan fingerprint density at radius 1 is 1.50 bits per heavy atom. The van der Waals surface area contributed by atoms with Crippen molar-refractivity contribution in [2.75, 3.05) is 19.0 Å². The van der Waals surface area contributed by atoms with Crippen molar-refractivity contribution in [2.24, 2.45) is 5.73 Å². The van der Waals surface area contributed by atoms with Gasteiger partial charge >= 0.3 is 0 Å². The van der Waals surface area contributed by atoms with Crippen LogP contribution >= 0.6 is 15.9 Å². The van der Waals surface area contributed by atoms with Crippen molar-refractivity contribution in [1.29, 1.82) is 0 Å². The average molecular weight is 367 g/mol. The lowest BCUT2D eigenvalue weighted by Crippen LogP contribution is -2.28. The van der Waals surface area contributed by atoms with Gasteiger partial charge in [0.25, 0.3) is 0 Å². The van der Waals surface area contributed by atoms with E-state index in [-0.39, 0.29) is 18.4 Å². The van der Waals surface area contributed by atoms with E-state index < -0.39 is 0 Å². The maximum atomic E-state index is 12.0. The van der Waals surface area contributed by atoms with Crippen LogP contribution in [0.5, 0.6) is 0 Å². The van der Waals surface area contributed by atoms with Crippen molar-refractivity contribution in [1.82, 2.24) is 9.78 Å². The van der Waals surface area contributed by atoms with Crippen LogP contribution in [0.1, 0.15) is 12.0 Å². The number of aromatic nitrogens is 2. The predicted octanol–water partition coefficient (Wildman–Crippen LogP) is 2.00. The van der Waals surface area contributed by atoms with Crippen LogP contribution in [-0.4, -0.2) is 35.4 Å². The molecule has 22 heavy (non-hydrogen) atoms. The molecular formula is C15H19BrN4O2. The Bertz CT molecular complexity index is 626. The highest BCUT2D eigenvalue weighted by Gasteiger charge is 2.13. The van der Waals surface area contributed by atoms with Gasteiger partial charge < -0.3 is 15.8 Å². The molecule has 3 N–H and O–H groups in total. The van der Waals surface area contributed by atoms with E-state index in [1.165, 1.54) is 0 Å². The zero-order chi connectivity index (χ0) is 15.9. The Morgan fingerprint density at radius 2 is 2.32 bits per heavy atom. The first-order chi connectivity index (χ1) is 10.6. The molecule has 118 valence electrons. The number of nitrogens with one attached hydrogen (secondary N) is 1. The minimum atomic E-state index is -0.276. The minimum absolute atomic E-state index is 0.145. The molecule has 0 spiro atoms. The fraction of sp³-hybridized carbons (Fsp3) is 0.333. The van der Waals surface area contributed by atoms with Gasteiger partial charge in [-0.15, -0.1) is 0 Å². The third-order valence-corrected chi connectivity index (χ3v) is 3.71. The van der Waals surface area contributed by atoms with Crippen LogP contribution in [0.15, 0.2) is 41.0 Å². The third kappa shape index (κ3) is 4.66. The van der Waals surface area contributed by atoms with Crippen LogP contribution in [-0.2, 0) is 16.1 Å². The van der Waals surface area contributed by atoms with Crippen LogP contribution in [0.25, 0.3) is 0 Å². The van der Waals surface area contributed by atoms with Crippen molar-refractivity contribution in [3.05, 3.63) is 46.6 Å². The fourth-order valence-electron chi connectivity index (χ4n) is 2.04. The number of carbonyl (C=O) groups excluding carboxylic acids is 1. The van der Waals surface area contributed by atoms with E-state index in [0.717, 1.165) is 10.0 Å². The van der Waals surface area contributed by atoms with Gasteiger partial charge in [0.15, 0.2) is 0 Å². The molecule has 0 bridgehead atoms. The van der Waals surface area contributed by atoms with Crippen molar-refractivity contribution >= 4 is 27.7 Å². The molecule has 7 heteroatoms. The molecule has 1 aromatic heterocycles. The summed E-state index contributed by atoms with van der Waals surface area (Å²) >= 11 is 3.44. The maximum Gasteiger partial charge on any atom is 0.228 e. The number of methoxy groups -OCH3 is 1. The number of rotatable bonds is 7. The fourth-order valence-corrected chi connectivity index (χ4v) is 2.48. The molecule has 1 heterocycles. The summed E-state index contributed by atoms with van der Waals surface area (Å²) in [6.45, 7) is 0.883. The number of hydrogen-bond donors (Lipinski definition) is 2. The predicted molar refractivity (Wildman–Crippen MR) is 88.6 cm³/mol. The number of halogens is 1. The lowest BCUT2D eigenvalue weighted by molar-refractivity contribution is -0.118. The summed E-state index contributed by atoms with van der Waals surface area (Å²) in [5.74, 6) is 0.505. The number of nitrogens with two attached hydrogens (primary N) is 1. The zero-order valence-electron chi connectivity index (χ0n) is 12.3. The van der Waals surface area contributed by atoms with Crippen LogP contribution in [0.2, 0.25) is 0 Å². The first-order valence-corrected chi connectivity index (χ1v) is 7.70. The molecule has 6 nitrogen and oxygen atoms in total. The lowest BCUT2D eigenvalue weighted by atomic mass is 10.2. The molecule has 2 aromatic rings. The van der Waals surface area contributed by atoms with Gasteiger partial charge in [0.05, 0.1) is 25.3 Å². The highest BCUT2D eigenvalue weighted by Crippen LogP contribution is 2.15. The smallest absolute Gasteiger partial charge is 0.228 e. The molecule has 0 aliphatic rings. The van der Waals surface area contributed by atoms with Crippen molar-refractivity contribution in [2.45, 2.75) is 19.1 Å². The quantitative estimate of drug-likeness (QED) is 0.784. The summed E-state index contributed by atoms with van der Waals surface area (Å²) in [4.78, 5) is 12.0. The highest BCUT2D eigenvalue weighted by atomic mass is 79.9. The Labute approximate surface area is 137 Å². The Kier molecular flexibility index (Phi) is 6.11. The Balaban J connectivity index is 2.02. The summed E-state index contributed by atoms with van der Waals surface area (Å²) in [6.07, 6.45) is 1.60. The molecule has 1 unspecified atom stereocenters. The largest absolute Gasteiger partial charge is 0.380 e. The Morgan fingerprint density at radius 3 is 3.00 bits per heavy atom. The molecule has 0 saturated heterocycles. The SMILES string of the molecule is COC(CN)CC(=O)Nc1ccnn1Cc1cccc(Br)c1. The van der Waals surface area contributed by atoms with E-state index in [4.69, 9.17) is 10.5 Å². The molecule has 1 atom stereocenters. The summed E-state index contributed by atoms with van der Waals surface area (Å²) in [5, 5.41) is 7.08. The van der Waals surface area contributed by atoms with Gasteiger partial charge in [-0.1, -0.05) is 28.1 Å². The molecular weight excluding hydrogens is 348 g/mol. The highest BCUT2D eigenvalue weighted by molar-refractivity contribution is 9.10. The van der Waals surface area contributed by atoms with Crippen LogP contribution in [0.3, 0.4) is 0 Å². The summed E-state index contributed by atoms with van der Waals surface area (Å²) < 4.78 is 7.86. The first kappa shape index (κ1) is 16.7. The molecule has 0 fully saturated rings. The van der Waals surface area contributed by atoms with E-state index in [1.54, 1.807) is 24.1 Å². The van der Waals surface area contributed by atoms with E-state index >= 15 is 0 Å². The van der Waals surface area contributed by atoms with Gasteiger partial charge in [-0.05, 0) is 17.7 Å². The number of amides is 1. The number of nitrogens with zero attached hydrogens (tertiary/aromatic N) is 2. The summed E-state index contributed by atoms with van der Waals surface area (Å²) in [7, 11) is 1.54. The summed E-state index contributed by atoms with van der Waals surface area (Å²) in [6, 6.07) is 9.72. The van der Waals surface area contributed by atoms with Gasteiger partial charge in [0.2, 0.25) is 5.91 Å². The number of ether oxygens (including phenoxy) is 1. The topological polar surface area (TPSA) is 82.2 Å². The van der Waals surface area contributed by atoms with Crippen LogP contribution in [0, 0.1) is 0 Å². The van der Waals surface area contributed by atoms with Crippen LogP contribution < -0.4 is 11.1 Å². The van der Waals surface area contributed by atoms with Crippen LogP contribution in [0.4, 0.5) is 5.82 Å². The van der Waals surface area contributed by atoms with Crippen molar-refractivity contribution in [3.8, 4) is 0 Å². The molecule has 0 saturated carbocycles. The second-order valence-electron chi connectivity index (χ2n) is 4.85. The second-order valence-corrected chi connectivity index (χ2v) is 5.77. The Hall–Kier alpha value is -1.70. The monoisotopic (exact) mass is 366 g/mol. The molecule has 0 aliphatic heterocycles. The second kappa shape index (κ2) is 8.07. The van der Waals surface area contributed by atoms with E-state index in [0.29, 0.717) is 18.9 Å². The standard InChI is InChI=1S/C15H19BrN4O2/c1-22-13(9-17)8-15(21)19-14-5-6-18-20(14)10-11-3-2-4-12(16)7-11/h2-7,13H,8-10,17H2,1H3,(H,19,21). The average Bonchev–Trinajstić information content (AvgIpc) is 2.91. The van der Waals surface area contributed by atoms with E-state index in [2.05, 4.69) is 26.3 Å². The van der Waals surface area contributed by atoms with Crippen molar-refractivity contribution < 1.29 is 9.53 Å². The first-order valence-electron chi connectivity index (χ1n) is 6.91. The van der Waals surface area contributed by atoms with Gasteiger partial charge in [-0.2, -0.15) is 5.10 Å². The number of hydrogen-bond acceptors (Lipinski definition) is 4. The van der Waals surface area contributed by atoms with Gasteiger partial charge in [0.1, 0.15) is 5.82 Å². The van der Waals surface area contributed by atoms with E-state index in [9.17, 15) is 4.79 Å². The molecule has 0 aliphatic carbocycles. The van der Waals surface area contributed by atoms with E-state index in [1.807, 2.05) is 24.3 Å². The zero-order valence-corrected chi connectivity index (χ0v) is 13.9. The number of benzene rings is 1. The van der Waals surface area contributed by atoms with Crippen molar-refractivity contribution in [3.63, 3.8) is 0 Å². The number of anilines is 1. The van der Waals surface area contributed by atoms with Gasteiger partial charge in [-0.3, -0.25) is 4.79 Å². The maximum absolute atomic E-state index is 12.0. The normalized spacial score (nSPS) is 12.1. The van der Waals surface area contributed by atoms with Gasteiger partial charge in [-0.25, -0.2) is 4.68 Å². The number of carbonyl (C=O) groups is 1. The molecule has 0 radical (unpaired) electrons. The lowest BCUT2D eigenvalue weighted by Gasteiger charge is -2.13. The molecule has 1 aromatic carbocycles. The minimum Gasteiger partial charge on any atom is -0.380 e. The third-order valence-electron chi connectivity index (χ3n) is 3.21. The summed E-state index contributed by atoms with van der Waals surface area (Å²) in [5.41, 5.74) is 6.61. The molecule has 2 rings (SSSR count). The molecule has 1 amide bonds. The van der Waals surface area contributed by atoms with Gasteiger partial charge in [0, 0.05) is 24.2 Å².